The average molecular weight is 423 g/mol. The van der Waals surface area contributed by atoms with Crippen LogP contribution in [0.15, 0.2) is 35.3 Å². The highest BCUT2D eigenvalue weighted by Gasteiger charge is 2.29. The summed E-state index contributed by atoms with van der Waals surface area (Å²) in [4.78, 5) is 4.94. The van der Waals surface area contributed by atoms with Crippen LogP contribution in [0.2, 0.25) is 0 Å². The molecule has 1 heterocycles. The van der Waals surface area contributed by atoms with Crippen LogP contribution in [0.3, 0.4) is 0 Å². The lowest BCUT2D eigenvalue weighted by molar-refractivity contribution is 0.306. The molecular formula is C22H38N4O2S. The first kappa shape index (κ1) is 23.7. The number of benzene rings is 1. The van der Waals surface area contributed by atoms with Crippen LogP contribution < -0.4 is 10.6 Å². The van der Waals surface area contributed by atoms with E-state index in [2.05, 4.69) is 61.7 Å². The lowest BCUT2D eigenvalue weighted by Gasteiger charge is -2.33. The van der Waals surface area contributed by atoms with Crippen molar-refractivity contribution in [1.82, 2.24) is 14.9 Å². The topological polar surface area (TPSA) is 73.8 Å². The van der Waals surface area contributed by atoms with E-state index in [1.165, 1.54) is 5.56 Å². The molecule has 1 aliphatic heterocycles. The number of guanidine groups is 1. The number of hydrogen-bond acceptors (Lipinski definition) is 3. The fraction of sp³-hybridized carbons (Fsp3) is 0.682. The van der Waals surface area contributed by atoms with Gasteiger partial charge in [0.15, 0.2) is 5.96 Å². The Morgan fingerprint density at radius 3 is 2.24 bits per heavy atom. The van der Waals surface area contributed by atoms with Crippen LogP contribution in [-0.4, -0.2) is 56.7 Å². The summed E-state index contributed by atoms with van der Waals surface area (Å²) in [5, 5.41) is 6.90. The van der Waals surface area contributed by atoms with Crippen molar-refractivity contribution < 1.29 is 8.42 Å². The van der Waals surface area contributed by atoms with Crippen molar-refractivity contribution in [2.45, 2.75) is 64.8 Å². The van der Waals surface area contributed by atoms with E-state index in [0.717, 1.165) is 44.7 Å². The molecule has 0 spiro atoms. The van der Waals surface area contributed by atoms with Gasteiger partial charge in [0.2, 0.25) is 10.0 Å². The molecule has 1 aliphatic rings. The Morgan fingerprint density at radius 2 is 1.72 bits per heavy atom. The molecule has 29 heavy (non-hydrogen) atoms. The summed E-state index contributed by atoms with van der Waals surface area (Å²) in [6.45, 7) is 10.9. The monoisotopic (exact) mass is 422 g/mol. The Balaban J connectivity index is 2.06. The number of hydrogen-bond donors (Lipinski definition) is 2. The Hall–Kier alpha value is -1.60. The van der Waals surface area contributed by atoms with E-state index in [9.17, 15) is 8.42 Å². The predicted molar refractivity (Wildman–Crippen MR) is 122 cm³/mol. The third-order valence-electron chi connectivity index (χ3n) is 6.18. The van der Waals surface area contributed by atoms with Crippen molar-refractivity contribution in [2.24, 2.45) is 4.99 Å². The molecule has 2 N–H and O–H groups in total. The zero-order valence-corrected chi connectivity index (χ0v) is 19.3. The zero-order chi connectivity index (χ0) is 21.3. The molecule has 1 aromatic carbocycles. The second-order valence-electron chi connectivity index (χ2n) is 7.77. The third kappa shape index (κ3) is 6.19. The lowest BCUT2D eigenvalue weighted by atomic mass is 9.76. The largest absolute Gasteiger partial charge is 0.357 e. The molecular weight excluding hydrogens is 384 g/mol. The maximum Gasteiger partial charge on any atom is 0.213 e. The highest BCUT2D eigenvalue weighted by molar-refractivity contribution is 7.89. The Bertz CT molecular complexity index is 737. The van der Waals surface area contributed by atoms with E-state index in [0.29, 0.717) is 13.1 Å². The maximum atomic E-state index is 12.1. The normalized spacial score (nSPS) is 17.3. The fourth-order valence-corrected chi connectivity index (χ4v) is 5.10. The molecule has 1 saturated heterocycles. The molecule has 0 aromatic heterocycles. The molecule has 7 heteroatoms. The molecule has 0 radical (unpaired) electrons. The van der Waals surface area contributed by atoms with Gasteiger partial charge in [-0.3, -0.25) is 4.99 Å². The minimum atomic E-state index is -3.09. The van der Waals surface area contributed by atoms with E-state index in [4.69, 9.17) is 4.99 Å². The van der Waals surface area contributed by atoms with Crippen molar-refractivity contribution in [2.75, 3.05) is 31.9 Å². The number of sulfonamides is 1. The predicted octanol–water partition coefficient (Wildman–Crippen LogP) is 3.11. The standard InChI is InChI=1S/C22H38N4O2S/c1-5-22(6-2,19-12-10-9-11-13-19)18-24-21(23-7-3)25-20-14-16-26(17-15-20)29(27,28)8-4/h9-13,20H,5-8,14-18H2,1-4H3,(H2,23,24,25). The number of nitrogens with one attached hydrogen (secondary N) is 2. The quantitative estimate of drug-likeness (QED) is 0.474. The van der Waals surface area contributed by atoms with Crippen molar-refractivity contribution in [3.63, 3.8) is 0 Å². The van der Waals surface area contributed by atoms with Gasteiger partial charge < -0.3 is 10.6 Å². The van der Waals surface area contributed by atoms with Gasteiger partial charge in [0.25, 0.3) is 0 Å². The number of piperidine rings is 1. The zero-order valence-electron chi connectivity index (χ0n) is 18.4. The molecule has 2 rings (SSSR count). The SMILES string of the molecule is CCNC(=NCC(CC)(CC)c1ccccc1)NC1CCN(S(=O)(=O)CC)CC1. The molecule has 6 nitrogen and oxygen atoms in total. The van der Waals surface area contributed by atoms with E-state index in [1.807, 2.05) is 0 Å². The molecule has 0 bridgehead atoms. The van der Waals surface area contributed by atoms with E-state index in [-0.39, 0.29) is 17.2 Å². The van der Waals surface area contributed by atoms with Crippen LogP contribution >= 0.6 is 0 Å². The van der Waals surface area contributed by atoms with Gasteiger partial charge >= 0.3 is 0 Å². The smallest absolute Gasteiger partial charge is 0.213 e. The van der Waals surface area contributed by atoms with Gasteiger partial charge in [0.05, 0.1) is 12.3 Å². The Labute approximate surface area is 177 Å². The molecule has 1 aromatic rings. The summed E-state index contributed by atoms with van der Waals surface area (Å²) in [5.41, 5.74) is 1.37. The Kier molecular flexibility index (Phi) is 8.96. The van der Waals surface area contributed by atoms with Crippen LogP contribution in [0.5, 0.6) is 0 Å². The van der Waals surface area contributed by atoms with Crippen molar-refractivity contribution in [3.05, 3.63) is 35.9 Å². The number of aliphatic imine (C=N–C) groups is 1. The van der Waals surface area contributed by atoms with Crippen LogP contribution in [0.1, 0.15) is 58.9 Å². The first-order chi connectivity index (χ1) is 13.9. The van der Waals surface area contributed by atoms with Gasteiger partial charge in [-0.1, -0.05) is 44.2 Å². The van der Waals surface area contributed by atoms with Gasteiger partial charge in [-0.15, -0.1) is 0 Å². The molecule has 164 valence electrons. The second-order valence-corrected chi connectivity index (χ2v) is 10.0. The summed E-state index contributed by atoms with van der Waals surface area (Å²) < 4.78 is 25.8. The van der Waals surface area contributed by atoms with E-state index < -0.39 is 10.0 Å². The second kappa shape index (κ2) is 11.0. The summed E-state index contributed by atoms with van der Waals surface area (Å²) in [7, 11) is -3.09. The van der Waals surface area contributed by atoms with Gasteiger partial charge in [-0.2, -0.15) is 0 Å². The van der Waals surface area contributed by atoms with Gasteiger partial charge in [0.1, 0.15) is 0 Å². The first-order valence-electron chi connectivity index (χ1n) is 11.0. The van der Waals surface area contributed by atoms with Crippen LogP contribution in [0, 0.1) is 0 Å². The first-order valence-corrected chi connectivity index (χ1v) is 12.6. The summed E-state index contributed by atoms with van der Waals surface area (Å²) in [6.07, 6.45) is 3.66. The molecule has 0 atom stereocenters. The van der Waals surface area contributed by atoms with Crippen LogP contribution in [0.25, 0.3) is 0 Å². The highest BCUT2D eigenvalue weighted by atomic mass is 32.2. The van der Waals surface area contributed by atoms with Crippen molar-refractivity contribution in [1.29, 1.82) is 0 Å². The third-order valence-corrected chi connectivity index (χ3v) is 8.06. The molecule has 0 unspecified atom stereocenters. The van der Waals surface area contributed by atoms with Crippen LogP contribution in [-0.2, 0) is 15.4 Å². The maximum absolute atomic E-state index is 12.1. The van der Waals surface area contributed by atoms with Gasteiger partial charge in [-0.05, 0) is 45.1 Å². The summed E-state index contributed by atoms with van der Waals surface area (Å²) in [6, 6.07) is 10.9. The fourth-order valence-electron chi connectivity index (χ4n) is 3.97. The van der Waals surface area contributed by atoms with E-state index in [1.54, 1.807) is 11.2 Å². The highest BCUT2D eigenvalue weighted by Crippen LogP contribution is 2.32. The molecule has 0 saturated carbocycles. The molecule has 0 aliphatic carbocycles. The van der Waals surface area contributed by atoms with Gasteiger partial charge in [-0.25, -0.2) is 12.7 Å². The summed E-state index contributed by atoms with van der Waals surface area (Å²) in [5.74, 6) is 0.997. The number of nitrogens with zero attached hydrogens (tertiary/aromatic N) is 2. The van der Waals surface area contributed by atoms with Crippen LogP contribution in [0.4, 0.5) is 0 Å². The van der Waals surface area contributed by atoms with Crippen molar-refractivity contribution in [3.8, 4) is 0 Å². The minimum Gasteiger partial charge on any atom is -0.357 e. The Morgan fingerprint density at radius 1 is 1.10 bits per heavy atom. The van der Waals surface area contributed by atoms with Crippen molar-refractivity contribution >= 4 is 16.0 Å². The lowest BCUT2D eigenvalue weighted by Crippen LogP contribution is -2.50. The minimum absolute atomic E-state index is 0.0299. The van der Waals surface area contributed by atoms with E-state index >= 15 is 0 Å². The summed E-state index contributed by atoms with van der Waals surface area (Å²) >= 11 is 0. The number of rotatable bonds is 9. The molecule has 1 fully saturated rings. The van der Waals surface area contributed by atoms with Gasteiger partial charge in [0, 0.05) is 31.1 Å². The average Bonchev–Trinajstić information content (AvgIpc) is 2.76. The molecule has 0 amide bonds.